The van der Waals surface area contributed by atoms with Crippen molar-refractivity contribution in [3.8, 4) is 0 Å². The lowest BCUT2D eigenvalue weighted by Crippen LogP contribution is -2.17. The van der Waals surface area contributed by atoms with Gasteiger partial charge in [-0.3, -0.25) is 0 Å². The van der Waals surface area contributed by atoms with E-state index in [0.717, 1.165) is 13.0 Å². The molecular formula is C18H28O. The maximum atomic E-state index is 6.12. The molecule has 0 aromatic heterocycles. The van der Waals surface area contributed by atoms with E-state index in [1.165, 1.54) is 43.2 Å². The molecule has 106 valence electrons. The molecule has 1 aliphatic rings. The second kappa shape index (κ2) is 6.56. The van der Waals surface area contributed by atoms with Crippen molar-refractivity contribution < 1.29 is 4.74 Å². The zero-order valence-electron chi connectivity index (χ0n) is 12.7. The monoisotopic (exact) mass is 260 g/mol. The smallest absolute Gasteiger partial charge is 0.0723 e. The van der Waals surface area contributed by atoms with Gasteiger partial charge in [0.25, 0.3) is 0 Å². The molecule has 0 aliphatic heterocycles. The van der Waals surface area contributed by atoms with Crippen LogP contribution in [-0.4, -0.2) is 6.10 Å². The van der Waals surface area contributed by atoms with Gasteiger partial charge in [-0.05, 0) is 35.8 Å². The molecule has 1 fully saturated rings. The highest BCUT2D eigenvalue weighted by Crippen LogP contribution is 2.25. The number of hydrogen-bond acceptors (Lipinski definition) is 1. The van der Waals surface area contributed by atoms with Gasteiger partial charge in [-0.2, -0.15) is 0 Å². The van der Waals surface area contributed by atoms with Crippen molar-refractivity contribution in [2.24, 2.45) is 5.41 Å². The van der Waals surface area contributed by atoms with Gasteiger partial charge in [-0.1, -0.05) is 64.3 Å². The van der Waals surface area contributed by atoms with Crippen molar-refractivity contribution in [3.05, 3.63) is 35.4 Å². The van der Waals surface area contributed by atoms with E-state index in [2.05, 4.69) is 45.0 Å². The van der Waals surface area contributed by atoms with E-state index in [9.17, 15) is 0 Å². The van der Waals surface area contributed by atoms with Gasteiger partial charge in [0.15, 0.2) is 0 Å². The summed E-state index contributed by atoms with van der Waals surface area (Å²) >= 11 is 0. The van der Waals surface area contributed by atoms with Crippen LogP contribution < -0.4 is 0 Å². The second-order valence-electron chi connectivity index (χ2n) is 7.08. The molecule has 2 rings (SSSR count). The topological polar surface area (TPSA) is 9.23 Å². The van der Waals surface area contributed by atoms with Crippen molar-refractivity contribution in [2.75, 3.05) is 0 Å². The number of hydrogen-bond donors (Lipinski definition) is 0. The van der Waals surface area contributed by atoms with E-state index in [-0.39, 0.29) is 0 Å². The Morgan fingerprint density at radius 2 is 1.63 bits per heavy atom. The third-order valence-corrected chi connectivity index (χ3v) is 3.87. The minimum Gasteiger partial charge on any atom is -0.374 e. The molecule has 1 nitrogen and oxygen atoms in total. The number of rotatable bonds is 4. The summed E-state index contributed by atoms with van der Waals surface area (Å²) in [5.41, 5.74) is 3.16. The first-order valence-corrected chi connectivity index (χ1v) is 7.73. The molecule has 0 amide bonds. The molecular weight excluding hydrogens is 232 g/mol. The minimum absolute atomic E-state index is 0.334. The van der Waals surface area contributed by atoms with Crippen molar-refractivity contribution in [1.82, 2.24) is 0 Å². The lowest BCUT2D eigenvalue weighted by molar-refractivity contribution is 0.0164. The molecule has 19 heavy (non-hydrogen) atoms. The van der Waals surface area contributed by atoms with Gasteiger partial charge in [0.1, 0.15) is 0 Å². The Bertz CT molecular complexity index is 383. The fourth-order valence-electron chi connectivity index (χ4n) is 2.88. The van der Waals surface area contributed by atoms with Crippen LogP contribution in [0.15, 0.2) is 24.3 Å². The highest BCUT2D eigenvalue weighted by atomic mass is 16.5. The van der Waals surface area contributed by atoms with Gasteiger partial charge in [0, 0.05) is 0 Å². The highest BCUT2D eigenvalue weighted by molar-refractivity contribution is 5.27. The zero-order valence-corrected chi connectivity index (χ0v) is 12.7. The van der Waals surface area contributed by atoms with Crippen LogP contribution in [-0.2, 0) is 17.8 Å². The molecule has 0 spiro atoms. The summed E-state index contributed by atoms with van der Waals surface area (Å²) in [7, 11) is 0. The summed E-state index contributed by atoms with van der Waals surface area (Å²) in [6, 6.07) is 8.76. The second-order valence-corrected chi connectivity index (χ2v) is 7.08. The van der Waals surface area contributed by atoms with Crippen LogP contribution in [0.2, 0.25) is 0 Å². The van der Waals surface area contributed by atoms with Crippen LogP contribution in [0, 0.1) is 5.41 Å². The molecule has 1 saturated carbocycles. The summed E-state index contributed by atoms with van der Waals surface area (Å²) in [6.07, 6.45) is 8.19. The van der Waals surface area contributed by atoms with Crippen LogP contribution in [0.1, 0.15) is 64.0 Å². The molecule has 0 unspecified atom stereocenters. The maximum Gasteiger partial charge on any atom is 0.0723 e. The molecule has 1 heteroatoms. The molecule has 0 saturated heterocycles. The standard InChI is InChI=1S/C18H28O/c1-18(2,3)13-15-9-7-8-10-16(15)14-19-17-11-5-4-6-12-17/h7-10,17H,4-6,11-14H2,1-3H3. The normalized spacial score (nSPS) is 17.6. The average Bonchev–Trinajstić information content (AvgIpc) is 2.37. The summed E-state index contributed by atoms with van der Waals surface area (Å²) < 4.78 is 6.12. The summed E-state index contributed by atoms with van der Waals surface area (Å²) in [5, 5.41) is 0. The maximum absolute atomic E-state index is 6.12. The fraction of sp³-hybridized carbons (Fsp3) is 0.667. The van der Waals surface area contributed by atoms with E-state index >= 15 is 0 Å². The van der Waals surface area contributed by atoms with Crippen molar-refractivity contribution in [1.29, 1.82) is 0 Å². The Kier molecular flexibility index (Phi) is 5.04. The van der Waals surface area contributed by atoms with Crippen LogP contribution in [0.25, 0.3) is 0 Å². The third kappa shape index (κ3) is 4.99. The van der Waals surface area contributed by atoms with Gasteiger partial charge in [-0.25, -0.2) is 0 Å². The largest absolute Gasteiger partial charge is 0.374 e. The van der Waals surface area contributed by atoms with Crippen LogP contribution in [0.3, 0.4) is 0 Å². The first kappa shape index (κ1) is 14.6. The SMILES string of the molecule is CC(C)(C)Cc1ccccc1COC1CCCCC1. The molecule has 0 heterocycles. The zero-order chi connectivity index (χ0) is 13.7. The first-order valence-electron chi connectivity index (χ1n) is 7.73. The summed E-state index contributed by atoms with van der Waals surface area (Å²) in [5.74, 6) is 0. The van der Waals surface area contributed by atoms with Gasteiger partial charge >= 0.3 is 0 Å². The minimum atomic E-state index is 0.334. The molecule has 1 aromatic rings. The number of ether oxygens (including phenoxy) is 1. The first-order chi connectivity index (χ1) is 9.04. The van der Waals surface area contributed by atoms with Crippen LogP contribution >= 0.6 is 0 Å². The Balaban J connectivity index is 1.95. The van der Waals surface area contributed by atoms with Crippen molar-refractivity contribution in [3.63, 3.8) is 0 Å². The van der Waals surface area contributed by atoms with Crippen molar-refractivity contribution >= 4 is 0 Å². The average molecular weight is 260 g/mol. The summed E-state index contributed by atoms with van der Waals surface area (Å²) in [4.78, 5) is 0. The molecule has 0 radical (unpaired) electrons. The Morgan fingerprint density at radius 3 is 2.26 bits per heavy atom. The van der Waals surface area contributed by atoms with E-state index in [1.807, 2.05) is 0 Å². The van der Waals surface area contributed by atoms with Gasteiger partial charge in [0.05, 0.1) is 12.7 Å². The Morgan fingerprint density at radius 1 is 1.00 bits per heavy atom. The predicted octanol–water partition coefficient (Wildman–Crippen LogP) is 5.12. The van der Waals surface area contributed by atoms with E-state index in [0.29, 0.717) is 11.5 Å². The predicted molar refractivity (Wildman–Crippen MR) is 81.3 cm³/mol. The highest BCUT2D eigenvalue weighted by Gasteiger charge is 2.16. The molecule has 0 atom stereocenters. The molecule has 0 N–H and O–H groups in total. The lowest BCUT2D eigenvalue weighted by Gasteiger charge is -2.24. The lowest BCUT2D eigenvalue weighted by atomic mass is 9.86. The Hall–Kier alpha value is -0.820. The van der Waals surface area contributed by atoms with E-state index in [4.69, 9.17) is 4.74 Å². The van der Waals surface area contributed by atoms with E-state index < -0.39 is 0 Å². The molecule has 1 aromatic carbocycles. The number of benzene rings is 1. The van der Waals surface area contributed by atoms with Gasteiger partial charge < -0.3 is 4.74 Å². The van der Waals surface area contributed by atoms with Gasteiger partial charge in [0.2, 0.25) is 0 Å². The third-order valence-electron chi connectivity index (χ3n) is 3.87. The molecule has 1 aliphatic carbocycles. The summed E-state index contributed by atoms with van der Waals surface area (Å²) in [6.45, 7) is 7.68. The molecule has 0 bridgehead atoms. The van der Waals surface area contributed by atoms with Crippen LogP contribution in [0.4, 0.5) is 0 Å². The van der Waals surface area contributed by atoms with Crippen molar-refractivity contribution in [2.45, 2.75) is 72.0 Å². The van der Waals surface area contributed by atoms with Gasteiger partial charge in [-0.15, -0.1) is 0 Å². The Labute approximate surface area is 118 Å². The van der Waals surface area contributed by atoms with Crippen LogP contribution in [0.5, 0.6) is 0 Å². The quantitative estimate of drug-likeness (QED) is 0.729. The fourth-order valence-corrected chi connectivity index (χ4v) is 2.88. The van der Waals surface area contributed by atoms with E-state index in [1.54, 1.807) is 0 Å².